The maximum atomic E-state index is 12.6. The molecule has 0 aliphatic rings. The van der Waals surface area contributed by atoms with Crippen LogP contribution in [0.4, 0.5) is 0 Å². The number of hydrogen-bond donors (Lipinski definition) is 0. The molecular formula is C16H15ClN2O. The van der Waals surface area contributed by atoms with E-state index in [0.717, 1.165) is 27.8 Å². The molecule has 0 spiro atoms. The van der Waals surface area contributed by atoms with Gasteiger partial charge in [0.1, 0.15) is 0 Å². The Kier molecular flexibility index (Phi) is 2.94. The first-order valence-corrected chi connectivity index (χ1v) is 6.82. The summed E-state index contributed by atoms with van der Waals surface area (Å²) in [5, 5.41) is 0.628. The van der Waals surface area contributed by atoms with E-state index in [2.05, 4.69) is 0 Å². The number of aromatic nitrogens is 2. The Bertz CT molecular complexity index is 854. The maximum absolute atomic E-state index is 12.6. The highest BCUT2D eigenvalue weighted by molar-refractivity contribution is 6.31. The summed E-state index contributed by atoms with van der Waals surface area (Å²) in [5.41, 5.74) is 4.73. The molecule has 3 nitrogen and oxygen atoms in total. The minimum absolute atomic E-state index is 0.0559. The van der Waals surface area contributed by atoms with E-state index in [0.29, 0.717) is 5.02 Å². The van der Waals surface area contributed by atoms with Gasteiger partial charge >= 0.3 is 5.69 Å². The lowest BCUT2D eigenvalue weighted by Gasteiger charge is -2.10. The standard InChI is InChI=1S/C16H15ClN2O/c1-10-5-4-6-11(2)15(10)19-14-9-12(17)7-8-13(14)18(3)16(19)20/h4-9H,1-3H3. The third kappa shape index (κ3) is 1.78. The summed E-state index contributed by atoms with van der Waals surface area (Å²) < 4.78 is 3.39. The Labute approximate surface area is 122 Å². The minimum atomic E-state index is -0.0559. The molecule has 3 aromatic rings. The van der Waals surface area contributed by atoms with Gasteiger partial charge in [-0.1, -0.05) is 29.8 Å². The molecule has 3 rings (SSSR count). The molecule has 0 saturated carbocycles. The zero-order chi connectivity index (χ0) is 14.4. The van der Waals surface area contributed by atoms with E-state index < -0.39 is 0 Å². The van der Waals surface area contributed by atoms with Crippen molar-refractivity contribution in [1.29, 1.82) is 0 Å². The van der Waals surface area contributed by atoms with Crippen LogP contribution < -0.4 is 5.69 Å². The molecule has 2 aromatic carbocycles. The molecule has 102 valence electrons. The summed E-state index contributed by atoms with van der Waals surface area (Å²) in [7, 11) is 1.78. The number of nitrogens with zero attached hydrogens (tertiary/aromatic N) is 2. The highest BCUT2D eigenvalue weighted by Gasteiger charge is 2.15. The van der Waals surface area contributed by atoms with Gasteiger partial charge in [-0.3, -0.25) is 9.13 Å². The molecule has 1 heterocycles. The van der Waals surface area contributed by atoms with Crippen molar-refractivity contribution in [2.45, 2.75) is 13.8 Å². The van der Waals surface area contributed by atoms with Crippen molar-refractivity contribution in [2.24, 2.45) is 7.05 Å². The molecule has 0 fully saturated rings. The molecule has 0 atom stereocenters. The second-order valence-electron chi connectivity index (χ2n) is 5.05. The van der Waals surface area contributed by atoms with Gasteiger partial charge in [0, 0.05) is 12.1 Å². The topological polar surface area (TPSA) is 26.9 Å². The second kappa shape index (κ2) is 4.53. The fraction of sp³-hybridized carbons (Fsp3) is 0.188. The molecule has 0 radical (unpaired) electrons. The molecule has 0 aliphatic carbocycles. The number of halogens is 1. The van der Waals surface area contributed by atoms with Crippen LogP contribution in [0.25, 0.3) is 16.7 Å². The van der Waals surface area contributed by atoms with Gasteiger partial charge < -0.3 is 0 Å². The van der Waals surface area contributed by atoms with Crippen LogP contribution in [0.1, 0.15) is 11.1 Å². The Hall–Kier alpha value is -2.00. The monoisotopic (exact) mass is 286 g/mol. The van der Waals surface area contributed by atoms with Crippen LogP contribution in [0.3, 0.4) is 0 Å². The molecule has 0 amide bonds. The van der Waals surface area contributed by atoms with Gasteiger partial charge in [-0.05, 0) is 43.2 Å². The van der Waals surface area contributed by atoms with E-state index >= 15 is 0 Å². The Morgan fingerprint density at radius 1 is 1.00 bits per heavy atom. The third-order valence-corrected chi connectivity index (χ3v) is 3.92. The first-order valence-electron chi connectivity index (χ1n) is 6.44. The molecular weight excluding hydrogens is 272 g/mol. The highest BCUT2D eigenvalue weighted by atomic mass is 35.5. The predicted octanol–water partition coefficient (Wildman–Crippen LogP) is 3.60. The normalized spacial score (nSPS) is 11.2. The minimum Gasteiger partial charge on any atom is -0.295 e. The zero-order valence-corrected chi connectivity index (χ0v) is 12.4. The molecule has 20 heavy (non-hydrogen) atoms. The van der Waals surface area contributed by atoms with E-state index in [1.807, 2.05) is 44.2 Å². The van der Waals surface area contributed by atoms with Crippen molar-refractivity contribution >= 4 is 22.6 Å². The van der Waals surface area contributed by atoms with Gasteiger partial charge in [0.15, 0.2) is 0 Å². The summed E-state index contributed by atoms with van der Waals surface area (Å²) in [5.74, 6) is 0. The summed E-state index contributed by atoms with van der Waals surface area (Å²) in [6, 6.07) is 11.5. The Balaban J connectivity index is 2.51. The molecule has 0 N–H and O–H groups in total. The van der Waals surface area contributed by atoms with Crippen molar-refractivity contribution in [3.8, 4) is 5.69 Å². The molecule has 4 heteroatoms. The Morgan fingerprint density at radius 3 is 2.30 bits per heavy atom. The summed E-state index contributed by atoms with van der Waals surface area (Å²) in [6.45, 7) is 4.02. The van der Waals surface area contributed by atoms with E-state index in [1.54, 1.807) is 22.2 Å². The Morgan fingerprint density at radius 2 is 1.65 bits per heavy atom. The number of imidazole rings is 1. The van der Waals surface area contributed by atoms with Crippen molar-refractivity contribution in [3.63, 3.8) is 0 Å². The smallest absolute Gasteiger partial charge is 0.295 e. The van der Waals surface area contributed by atoms with Gasteiger partial charge in [-0.25, -0.2) is 4.79 Å². The van der Waals surface area contributed by atoms with Crippen LogP contribution in [-0.4, -0.2) is 9.13 Å². The lowest BCUT2D eigenvalue weighted by Crippen LogP contribution is -2.22. The van der Waals surface area contributed by atoms with Gasteiger partial charge in [0.2, 0.25) is 0 Å². The lowest BCUT2D eigenvalue weighted by atomic mass is 10.1. The summed E-state index contributed by atoms with van der Waals surface area (Å²) >= 11 is 6.09. The van der Waals surface area contributed by atoms with Crippen LogP contribution >= 0.6 is 11.6 Å². The zero-order valence-electron chi connectivity index (χ0n) is 11.6. The van der Waals surface area contributed by atoms with Crippen molar-refractivity contribution in [1.82, 2.24) is 9.13 Å². The van der Waals surface area contributed by atoms with Crippen molar-refractivity contribution in [2.75, 3.05) is 0 Å². The van der Waals surface area contributed by atoms with E-state index in [9.17, 15) is 4.79 Å². The number of benzene rings is 2. The van der Waals surface area contributed by atoms with Gasteiger partial charge in [-0.2, -0.15) is 0 Å². The molecule has 0 saturated heterocycles. The van der Waals surface area contributed by atoms with Crippen molar-refractivity contribution < 1.29 is 0 Å². The van der Waals surface area contributed by atoms with Gasteiger partial charge in [0.25, 0.3) is 0 Å². The number of para-hydroxylation sites is 1. The number of hydrogen-bond acceptors (Lipinski definition) is 1. The summed E-state index contributed by atoms with van der Waals surface area (Å²) in [4.78, 5) is 12.6. The van der Waals surface area contributed by atoms with Gasteiger partial charge in [-0.15, -0.1) is 0 Å². The number of rotatable bonds is 1. The van der Waals surface area contributed by atoms with E-state index in [-0.39, 0.29) is 5.69 Å². The summed E-state index contributed by atoms with van der Waals surface area (Å²) in [6.07, 6.45) is 0. The molecule has 0 bridgehead atoms. The SMILES string of the molecule is Cc1cccc(C)c1-n1c(=O)n(C)c2ccc(Cl)cc21. The number of fused-ring (bicyclic) bond motifs is 1. The molecule has 0 unspecified atom stereocenters. The van der Waals surface area contributed by atoms with Crippen LogP contribution in [0, 0.1) is 13.8 Å². The lowest BCUT2D eigenvalue weighted by molar-refractivity contribution is 0.841. The highest BCUT2D eigenvalue weighted by Crippen LogP contribution is 2.24. The average Bonchev–Trinajstić information content (AvgIpc) is 2.63. The first-order chi connectivity index (χ1) is 9.50. The number of aryl methyl sites for hydroxylation is 3. The average molecular weight is 287 g/mol. The van der Waals surface area contributed by atoms with E-state index in [4.69, 9.17) is 11.6 Å². The second-order valence-corrected chi connectivity index (χ2v) is 5.49. The molecule has 1 aromatic heterocycles. The van der Waals surface area contributed by atoms with Gasteiger partial charge in [0.05, 0.1) is 16.7 Å². The van der Waals surface area contributed by atoms with E-state index in [1.165, 1.54) is 0 Å². The first kappa shape index (κ1) is 13.0. The molecule has 0 aliphatic heterocycles. The van der Waals surface area contributed by atoms with Crippen LogP contribution in [0.15, 0.2) is 41.2 Å². The van der Waals surface area contributed by atoms with Crippen LogP contribution in [-0.2, 0) is 7.05 Å². The van der Waals surface area contributed by atoms with Crippen molar-refractivity contribution in [3.05, 3.63) is 63.0 Å². The van der Waals surface area contributed by atoms with Crippen LogP contribution in [0.5, 0.6) is 0 Å². The third-order valence-electron chi connectivity index (χ3n) is 3.68. The largest absolute Gasteiger partial charge is 0.333 e. The van der Waals surface area contributed by atoms with Crippen LogP contribution in [0.2, 0.25) is 5.02 Å². The predicted molar refractivity (Wildman–Crippen MR) is 83.0 cm³/mol. The fourth-order valence-electron chi connectivity index (χ4n) is 2.69. The fourth-order valence-corrected chi connectivity index (χ4v) is 2.86. The quantitative estimate of drug-likeness (QED) is 0.671. The maximum Gasteiger partial charge on any atom is 0.333 e.